The van der Waals surface area contributed by atoms with Crippen LogP contribution in [0.25, 0.3) is 0 Å². The largest absolute Gasteiger partial charge is 0.396 e. The van der Waals surface area contributed by atoms with Gasteiger partial charge in [0, 0.05) is 11.1 Å². The van der Waals surface area contributed by atoms with E-state index < -0.39 is 5.82 Å². The number of anilines is 1. The first kappa shape index (κ1) is 14.3. The second kappa shape index (κ2) is 5.08. The first-order valence-electron chi connectivity index (χ1n) is 6.49. The summed E-state index contributed by atoms with van der Waals surface area (Å²) in [5.74, 6) is -0.665. The zero-order chi connectivity index (χ0) is 14.9. The van der Waals surface area contributed by atoms with Crippen LogP contribution in [-0.4, -0.2) is 5.78 Å². The minimum atomic E-state index is -0.510. The molecule has 20 heavy (non-hydrogen) atoms. The smallest absolute Gasteiger partial charge is 0.193 e. The van der Waals surface area contributed by atoms with E-state index >= 15 is 0 Å². The van der Waals surface area contributed by atoms with Crippen LogP contribution in [0.1, 0.15) is 42.3 Å². The Labute approximate surface area is 118 Å². The van der Waals surface area contributed by atoms with Crippen molar-refractivity contribution in [1.82, 2.24) is 0 Å². The van der Waals surface area contributed by atoms with Gasteiger partial charge < -0.3 is 5.73 Å². The number of ketones is 1. The summed E-state index contributed by atoms with van der Waals surface area (Å²) in [4.78, 5) is 12.3. The predicted molar refractivity (Wildman–Crippen MR) is 79.4 cm³/mol. The van der Waals surface area contributed by atoms with Crippen molar-refractivity contribution >= 4 is 11.5 Å². The molecule has 3 heteroatoms. The van der Waals surface area contributed by atoms with Crippen LogP contribution in [0.3, 0.4) is 0 Å². The Hall–Kier alpha value is -2.16. The average molecular weight is 271 g/mol. The maximum atomic E-state index is 13.1. The van der Waals surface area contributed by atoms with Crippen molar-refractivity contribution in [3.05, 3.63) is 65.0 Å². The number of carbonyl (C=O) groups is 1. The van der Waals surface area contributed by atoms with E-state index in [1.54, 1.807) is 12.1 Å². The van der Waals surface area contributed by atoms with Crippen LogP contribution in [0, 0.1) is 5.82 Å². The third kappa shape index (κ3) is 2.87. The van der Waals surface area contributed by atoms with E-state index in [0.29, 0.717) is 11.1 Å². The Morgan fingerprint density at radius 2 is 1.55 bits per heavy atom. The number of nitrogens with two attached hydrogens (primary N) is 1. The monoisotopic (exact) mass is 271 g/mol. The molecule has 2 N–H and O–H groups in total. The molecule has 104 valence electrons. The van der Waals surface area contributed by atoms with Crippen LogP contribution in [-0.2, 0) is 5.41 Å². The van der Waals surface area contributed by atoms with E-state index in [4.69, 9.17) is 5.73 Å². The second-order valence-corrected chi connectivity index (χ2v) is 5.89. The molecule has 0 atom stereocenters. The van der Waals surface area contributed by atoms with Crippen LogP contribution in [0.15, 0.2) is 42.5 Å². The molecule has 0 amide bonds. The van der Waals surface area contributed by atoms with Crippen LogP contribution in [0.5, 0.6) is 0 Å². The molecule has 0 radical (unpaired) electrons. The molecule has 0 unspecified atom stereocenters. The van der Waals surface area contributed by atoms with E-state index in [2.05, 4.69) is 20.8 Å². The number of carbonyl (C=O) groups excluding carboxylic acids is 1. The van der Waals surface area contributed by atoms with E-state index in [1.165, 1.54) is 18.2 Å². The van der Waals surface area contributed by atoms with Gasteiger partial charge in [0.15, 0.2) is 5.78 Å². The lowest BCUT2D eigenvalue weighted by molar-refractivity contribution is 0.103. The van der Waals surface area contributed by atoms with Crippen molar-refractivity contribution in [2.45, 2.75) is 26.2 Å². The third-order valence-electron chi connectivity index (χ3n) is 3.27. The second-order valence-electron chi connectivity index (χ2n) is 5.89. The molecule has 0 saturated heterocycles. The van der Waals surface area contributed by atoms with Crippen LogP contribution < -0.4 is 5.73 Å². The van der Waals surface area contributed by atoms with Crippen molar-refractivity contribution in [2.24, 2.45) is 0 Å². The van der Waals surface area contributed by atoms with Gasteiger partial charge in [0.25, 0.3) is 0 Å². The van der Waals surface area contributed by atoms with Gasteiger partial charge in [-0.1, -0.05) is 45.0 Å². The highest BCUT2D eigenvalue weighted by atomic mass is 19.1. The summed E-state index contributed by atoms with van der Waals surface area (Å²) >= 11 is 0. The maximum absolute atomic E-state index is 13.1. The first-order valence-corrected chi connectivity index (χ1v) is 6.49. The summed E-state index contributed by atoms with van der Waals surface area (Å²) in [7, 11) is 0. The number of hydrogen-bond donors (Lipinski definition) is 1. The molecule has 0 spiro atoms. The lowest BCUT2D eigenvalue weighted by Crippen LogP contribution is -2.11. The zero-order valence-corrected chi connectivity index (χ0v) is 11.9. The molecule has 2 aromatic rings. The molecule has 0 aliphatic rings. The highest BCUT2D eigenvalue weighted by Crippen LogP contribution is 2.23. The topological polar surface area (TPSA) is 43.1 Å². The molecule has 0 heterocycles. The molecule has 0 fully saturated rings. The lowest BCUT2D eigenvalue weighted by Gasteiger charge is -2.19. The summed E-state index contributed by atoms with van der Waals surface area (Å²) in [6.45, 7) is 6.35. The van der Waals surface area contributed by atoms with Gasteiger partial charge in [0.05, 0.1) is 5.69 Å². The van der Waals surface area contributed by atoms with E-state index in [-0.39, 0.29) is 16.9 Å². The highest BCUT2D eigenvalue weighted by molar-refractivity contribution is 6.09. The van der Waals surface area contributed by atoms with Crippen LogP contribution in [0.4, 0.5) is 10.1 Å². The molecule has 2 rings (SSSR count). The predicted octanol–water partition coefficient (Wildman–Crippen LogP) is 3.94. The van der Waals surface area contributed by atoms with Crippen molar-refractivity contribution in [2.75, 3.05) is 5.73 Å². The van der Waals surface area contributed by atoms with Gasteiger partial charge in [-0.05, 0) is 29.2 Å². The van der Waals surface area contributed by atoms with Crippen molar-refractivity contribution in [1.29, 1.82) is 0 Å². The SMILES string of the molecule is CC(C)(C)c1ccc(C(=O)c2ccc(F)c(N)c2)cc1. The van der Waals surface area contributed by atoms with Gasteiger partial charge in [-0.25, -0.2) is 4.39 Å². The Morgan fingerprint density at radius 1 is 1.00 bits per heavy atom. The molecule has 0 aliphatic carbocycles. The minimum Gasteiger partial charge on any atom is -0.396 e. The first-order chi connectivity index (χ1) is 9.29. The van der Waals surface area contributed by atoms with Gasteiger partial charge in [-0.2, -0.15) is 0 Å². The molecule has 2 aromatic carbocycles. The molecule has 0 saturated carbocycles. The summed E-state index contributed by atoms with van der Waals surface area (Å²) in [5, 5.41) is 0. The van der Waals surface area contributed by atoms with Gasteiger partial charge in [0.2, 0.25) is 0 Å². The minimum absolute atomic E-state index is 0.0119. The van der Waals surface area contributed by atoms with Gasteiger partial charge in [-0.15, -0.1) is 0 Å². The average Bonchev–Trinajstić information content (AvgIpc) is 2.40. The third-order valence-corrected chi connectivity index (χ3v) is 3.27. The van der Waals surface area contributed by atoms with Crippen LogP contribution >= 0.6 is 0 Å². The standard InChI is InChI=1S/C17H18FNO/c1-17(2,3)13-7-4-11(5-8-13)16(20)12-6-9-14(18)15(19)10-12/h4-10H,19H2,1-3H3. The van der Waals surface area contributed by atoms with Gasteiger partial charge in [-0.3, -0.25) is 4.79 Å². The Kier molecular flexibility index (Phi) is 3.62. The molecular weight excluding hydrogens is 253 g/mol. The summed E-state index contributed by atoms with van der Waals surface area (Å²) in [5.41, 5.74) is 7.65. The number of hydrogen-bond acceptors (Lipinski definition) is 2. The van der Waals surface area contributed by atoms with E-state index in [1.807, 2.05) is 12.1 Å². The van der Waals surface area contributed by atoms with Crippen molar-refractivity contribution < 1.29 is 9.18 Å². The normalized spacial score (nSPS) is 11.4. The van der Waals surface area contributed by atoms with E-state index in [0.717, 1.165) is 5.56 Å². The fourth-order valence-corrected chi connectivity index (χ4v) is 1.97. The van der Waals surface area contributed by atoms with Crippen molar-refractivity contribution in [3.63, 3.8) is 0 Å². The van der Waals surface area contributed by atoms with Crippen LogP contribution in [0.2, 0.25) is 0 Å². The van der Waals surface area contributed by atoms with Gasteiger partial charge >= 0.3 is 0 Å². The Bertz CT molecular complexity index is 639. The number of halogens is 1. The highest BCUT2D eigenvalue weighted by Gasteiger charge is 2.15. The molecule has 0 aromatic heterocycles. The van der Waals surface area contributed by atoms with Crippen molar-refractivity contribution in [3.8, 4) is 0 Å². The number of nitrogen functional groups attached to an aromatic ring is 1. The number of rotatable bonds is 2. The Balaban J connectivity index is 2.31. The summed E-state index contributed by atoms with van der Waals surface area (Å²) in [6.07, 6.45) is 0. The summed E-state index contributed by atoms with van der Waals surface area (Å²) < 4.78 is 13.1. The quantitative estimate of drug-likeness (QED) is 0.664. The maximum Gasteiger partial charge on any atom is 0.193 e. The fraction of sp³-hybridized carbons (Fsp3) is 0.235. The molecule has 0 bridgehead atoms. The fourth-order valence-electron chi connectivity index (χ4n) is 1.97. The molecule has 0 aliphatic heterocycles. The molecule has 2 nitrogen and oxygen atoms in total. The number of benzene rings is 2. The van der Waals surface area contributed by atoms with E-state index in [9.17, 15) is 9.18 Å². The summed E-state index contributed by atoms with van der Waals surface area (Å²) in [6, 6.07) is 11.5. The lowest BCUT2D eigenvalue weighted by atomic mass is 9.86. The Morgan fingerprint density at radius 3 is 2.05 bits per heavy atom. The molecular formula is C17H18FNO. The zero-order valence-electron chi connectivity index (χ0n) is 11.9. The van der Waals surface area contributed by atoms with Gasteiger partial charge in [0.1, 0.15) is 5.82 Å².